The van der Waals surface area contributed by atoms with Gasteiger partial charge in [0.05, 0.1) is 18.0 Å². The van der Waals surface area contributed by atoms with Crippen molar-refractivity contribution in [3.8, 4) is 5.75 Å². The van der Waals surface area contributed by atoms with Crippen LogP contribution in [-0.2, 0) is 4.79 Å². The van der Waals surface area contributed by atoms with Crippen LogP contribution < -0.4 is 15.8 Å². The van der Waals surface area contributed by atoms with Crippen molar-refractivity contribution < 1.29 is 19.4 Å². The Morgan fingerprint density at radius 3 is 2.16 bits per heavy atom. The monoisotopic (exact) mass is 617 g/mol. The van der Waals surface area contributed by atoms with Crippen molar-refractivity contribution >= 4 is 17.4 Å². The van der Waals surface area contributed by atoms with E-state index in [0.717, 1.165) is 37.1 Å². The van der Waals surface area contributed by atoms with Crippen molar-refractivity contribution in [2.75, 3.05) is 19.7 Å². The fourth-order valence-corrected chi connectivity index (χ4v) is 4.38. The lowest BCUT2D eigenvalue weighted by molar-refractivity contribution is -0.116. The first-order valence-corrected chi connectivity index (χ1v) is 15.7. The molecular formula is C38H55N3O4. The van der Waals surface area contributed by atoms with E-state index in [0.29, 0.717) is 35.4 Å². The highest BCUT2D eigenvalue weighted by atomic mass is 16.5. The number of piperidine rings is 1. The molecule has 0 saturated carbocycles. The Morgan fingerprint density at radius 2 is 1.60 bits per heavy atom. The summed E-state index contributed by atoms with van der Waals surface area (Å²) in [4.78, 5) is 26.2. The van der Waals surface area contributed by atoms with Crippen LogP contribution in [0.25, 0.3) is 5.57 Å². The van der Waals surface area contributed by atoms with Gasteiger partial charge in [0.25, 0.3) is 5.91 Å². The molecule has 1 saturated heterocycles. The van der Waals surface area contributed by atoms with Crippen molar-refractivity contribution in [1.82, 2.24) is 10.2 Å². The number of benzene rings is 2. The number of allylic oxidation sites excluding steroid dienone is 6. The first kappa shape index (κ1) is 40.5. The van der Waals surface area contributed by atoms with Gasteiger partial charge >= 0.3 is 5.97 Å². The molecule has 4 N–H and O–H groups in total. The van der Waals surface area contributed by atoms with Gasteiger partial charge in [-0.05, 0) is 87.9 Å². The number of ether oxygens (including phenoxy) is 1. The maximum Gasteiger partial charge on any atom is 0.335 e. The number of aryl methyl sites for hydroxylation is 1. The molecule has 0 aliphatic carbocycles. The molecule has 45 heavy (non-hydrogen) atoms. The largest absolute Gasteiger partial charge is 0.493 e. The van der Waals surface area contributed by atoms with Gasteiger partial charge in [-0.1, -0.05) is 75.7 Å². The SMILES string of the molecule is C/C=C\C(=C(/C)C(=O)N/C(C)=C/C=C(\N)N1CCC(COc2cccc(C(=O)O)c2)CC1)c1ccc(C)cc1.C=C.CC.CC. The molecule has 1 aliphatic rings. The normalized spacial score (nSPS) is 14.0. The fraction of sp³-hybridized carbons (Fsp3) is 0.368. The summed E-state index contributed by atoms with van der Waals surface area (Å²) in [6.45, 7) is 23.8. The minimum atomic E-state index is -0.966. The fourth-order valence-electron chi connectivity index (χ4n) is 4.38. The molecule has 2 aromatic rings. The number of amides is 1. The van der Waals surface area contributed by atoms with E-state index in [-0.39, 0.29) is 11.5 Å². The number of nitrogens with one attached hydrogen (secondary N) is 1. The van der Waals surface area contributed by atoms with Crippen LogP contribution >= 0.6 is 0 Å². The lowest BCUT2D eigenvalue weighted by atomic mass is 9.98. The number of carboxylic acid groups (broad SMARTS) is 1. The van der Waals surface area contributed by atoms with Crippen LogP contribution in [0.4, 0.5) is 0 Å². The van der Waals surface area contributed by atoms with Crippen LogP contribution in [0.15, 0.2) is 103 Å². The van der Waals surface area contributed by atoms with Gasteiger partial charge < -0.3 is 25.8 Å². The number of likely N-dealkylation sites (tertiary alicyclic amines) is 1. The third-order valence-electron chi connectivity index (χ3n) is 6.80. The third-order valence-corrected chi connectivity index (χ3v) is 6.80. The predicted octanol–water partition coefficient (Wildman–Crippen LogP) is 8.51. The molecule has 0 radical (unpaired) electrons. The highest BCUT2D eigenvalue weighted by Crippen LogP contribution is 2.23. The third kappa shape index (κ3) is 14.2. The van der Waals surface area contributed by atoms with Crippen molar-refractivity contribution in [3.05, 3.63) is 120 Å². The number of carbonyl (C=O) groups is 2. The molecule has 246 valence electrons. The van der Waals surface area contributed by atoms with Crippen molar-refractivity contribution in [2.45, 2.75) is 68.2 Å². The Kier molecular flexibility index (Phi) is 20.6. The summed E-state index contributed by atoms with van der Waals surface area (Å²) in [7, 11) is 0. The van der Waals surface area contributed by atoms with Crippen LogP contribution in [0.2, 0.25) is 0 Å². The first-order chi connectivity index (χ1) is 21.7. The van der Waals surface area contributed by atoms with E-state index < -0.39 is 5.97 Å². The number of carboxylic acids is 1. The summed E-state index contributed by atoms with van der Waals surface area (Å²) in [6.07, 6.45) is 9.39. The maximum absolute atomic E-state index is 13.0. The number of nitrogens with two attached hydrogens (primary N) is 1. The van der Waals surface area contributed by atoms with Gasteiger partial charge in [0, 0.05) is 24.4 Å². The highest BCUT2D eigenvalue weighted by Gasteiger charge is 2.20. The van der Waals surface area contributed by atoms with E-state index in [4.69, 9.17) is 15.6 Å². The predicted molar refractivity (Wildman–Crippen MR) is 190 cm³/mol. The molecule has 0 bridgehead atoms. The molecule has 1 amide bonds. The topological polar surface area (TPSA) is 105 Å². The van der Waals surface area contributed by atoms with Crippen molar-refractivity contribution in [3.63, 3.8) is 0 Å². The second kappa shape index (κ2) is 22.9. The average molecular weight is 618 g/mol. The molecular weight excluding hydrogens is 562 g/mol. The van der Waals surface area contributed by atoms with E-state index in [1.54, 1.807) is 24.3 Å². The van der Waals surface area contributed by atoms with Crippen LogP contribution in [0.1, 0.15) is 82.8 Å². The zero-order valence-electron chi connectivity index (χ0n) is 28.7. The zero-order valence-corrected chi connectivity index (χ0v) is 28.7. The quantitative estimate of drug-likeness (QED) is 0.140. The van der Waals surface area contributed by atoms with E-state index in [1.165, 1.54) is 5.56 Å². The summed E-state index contributed by atoms with van der Waals surface area (Å²) in [5, 5.41) is 12.1. The van der Waals surface area contributed by atoms with Gasteiger partial charge in [-0.2, -0.15) is 0 Å². The van der Waals surface area contributed by atoms with Crippen LogP contribution in [0, 0.1) is 12.8 Å². The Labute approximate surface area is 271 Å². The van der Waals surface area contributed by atoms with Gasteiger partial charge in [0.15, 0.2) is 0 Å². The number of aromatic carboxylic acids is 1. The van der Waals surface area contributed by atoms with E-state index >= 15 is 0 Å². The van der Waals surface area contributed by atoms with E-state index in [1.807, 2.05) is 104 Å². The molecule has 0 atom stereocenters. The highest BCUT2D eigenvalue weighted by molar-refractivity contribution is 6.03. The molecule has 0 unspecified atom stereocenters. The number of rotatable bonds is 10. The Balaban J connectivity index is 0.00000304. The first-order valence-electron chi connectivity index (χ1n) is 15.7. The number of hydrogen-bond donors (Lipinski definition) is 3. The van der Waals surface area contributed by atoms with Crippen LogP contribution in [0.5, 0.6) is 5.75 Å². The molecule has 1 heterocycles. The van der Waals surface area contributed by atoms with Gasteiger partial charge in [-0.25, -0.2) is 4.79 Å². The molecule has 0 aromatic heterocycles. The second-order valence-corrected chi connectivity index (χ2v) is 9.87. The zero-order chi connectivity index (χ0) is 34.4. The number of hydrogen-bond acceptors (Lipinski definition) is 5. The molecule has 0 spiro atoms. The molecule has 3 rings (SSSR count). The Hall–Kier alpha value is -4.52. The van der Waals surface area contributed by atoms with Crippen molar-refractivity contribution in [1.29, 1.82) is 0 Å². The van der Waals surface area contributed by atoms with Crippen LogP contribution in [-0.4, -0.2) is 41.6 Å². The average Bonchev–Trinajstić information content (AvgIpc) is 3.08. The van der Waals surface area contributed by atoms with Crippen molar-refractivity contribution in [2.24, 2.45) is 11.7 Å². The standard InChI is InChI=1S/C32H39N3O4.2C2H6.C2H4/c1-5-7-29(26-13-10-22(2)11-14-26)24(4)31(36)34-23(3)12-15-30(33)35-18-16-25(17-19-35)21-39-28-9-6-8-27(20-28)32(37)38;3*1-2/h5-15,20,25H,16-19,21,33H2,1-4H3,(H,34,36)(H,37,38);2*1-2H3;1-2H2/b7-5-,23-12+,29-24-,30-15+;;;. The second-order valence-electron chi connectivity index (χ2n) is 9.87. The van der Waals surface area contributed by atoms with E-state index in [9.17, 15) is 9.59 Å². The smallest absolute Gasteiger partial charge is 0.335 e. The summed E-state index contributed by atoms with van der Waals surface area (Å²) in [5.41, 5.74) is 11.0. The Bertz CT molecular complexity index is 1300. The Morgan fingerprint density at radius 1 is 1.00 bits per heavy atom. The lowest BCUT2D eigenvalue weighted by Gasteiger charge is -2.33. The lowest BCUT2D eigenvalue weighted by Crippen LogP contribution is -2.37. The van der Waals surface area contributed by atoms with Gasteiger partial charge in [-0.3, -0.25) is 4.79 Å². The molecule has 2 aromatic carbocycles. The number of nitrogens with zero attached hydrogens (tertiary/aromatic N) is 1. The molecule has 7 nitrogen and oxygen atoms in total. The summed E-state index contributed by atoms with van der Waals surface area (Å²) in [6, 6.07) is 14.7. The van der Waals surface area contributed by atoms with Crippen LogP contribution in [0.3, 0.4) is 0 Å². The van der Waals surface area contributed by atoms with Gasteiger partial charge in [-0.15, -0.1) is 13.2 Å². The summed E-state index contributed by atoms with van der Waals surface area (Å²) >= 11 is 0. The van der Waals surface area contributed by atoms with Gasteiger partial charge in [0.2, 0.25) is 0 Å². The van der Waals surface area contributed by atoms with E-state index in [2.05, 4.69) is 23.4 Å². The van der Waals surface area contributed by atoms with Gasteiger partial charge in [0.1, 0.15) is 5.75 Å². The molecule has 1 fully saturated rings. The summed E-state index contributed by atoms with van der Waals surface area (Å²) < 4.78 is 5.85. The minimum absolute atomic E-state index is 0.154. The molecule has 1 aliphatic heterocycles. The number of carbonyl (C=O) groups excluding carboxylic acids is 1. The molecule has 7 heteroatoms. The maximum atomic E-state index is 13.0. The minimum Gasteiger partial charge on any atom is -0.493 e. The summed E-state index contributed by atoms with van der Waals surface area (Å²) in [5.74, 6) is 0.472.